The van der Waals surface area contributed by atoms with Crippen LogP contribution in [-0.4, -0.2) is 29.0 Å². The van der Waals surface area contributed by atoms with Gasteiger partial charge in [0, 0.05) is 17.0 Å². The Morgan fingerprint density at radius 3 is 2.60 bits per heavy atom. The van der Waals surface area contributed by atoms with Crippen molar-refractivity contribution in [3.63, 3.8) is 0 Å². The third-order valence-corrected chi connectivity index (χ3v) is 4.43. The van der Waals surface area contributed by atoms with Gasteiger partial charge in [-0.05, 0) is 18.2 Å². The summed E-state index contributed by atoms with van der Waals surface area (Å²) in [6, 6.07) is 5.28. The van der Waals surface area contributed by atoms with Crippen molar-refractivity contribution in [3.05, 3.63) is 33.2 Å². The Bertz CT molecular complexity index is 664. The van der Waals surface area contributed by atoms with Gasteiger partial charge < -0.3 is 9.84 Å². The van der Waals surface area contributed by atoms with E-state index in [-0.39, 0.29) is 16.4 Å². The lowest BCUT2D eigenvalue weighted by Crippen LogP contribution is -2.03. The minimum atomic E-state index is -1.21. The number of ether oxygens (including phenoxy) is 1. The van der Waals surface area contributed by atoms with Gasteiger partial charge in [0.2, 0.25) is 0 Å². The third kappa shape index (κ3) is 2.73. The zero-order valence-electron chi connectivity index (χ0n) is 10.6. The van der Waals surface area contributed by atoms with Gasteiger partial charge in [-0.15, -0.1) is 11.3 Å². The summed E-state index contributed by atoms with van der Waals surface area (Å²) < 4.78 is 5.89. The molecule has 0 spiro atoms. The SMILES string of the molecule is COc1ccc(Br)c(-c2nc(C(=O)O)c(C(C)=O)s2)c1. The number of Topliss-reactive ketones (excluding diaryl/α,β-unsaturated/α-hetero) is 1. The van der Waals surface area contributed by atoms with Crippen LogP contribution in [0.5, 0.6) is 5.75 Å². The molecule has 0 saturated heterocycles. The van der Waals surface area contributed by atoms with Crippen molar-refractivity contribution >= 4 is 39.0 Å². The fourth-order valence-corrected chi connectivity index (χ4v) is 3.16. The number of nitrogens with zero attached hydrogens (tertiary/aromatic N) is 1. The van der Waals surface area contributed by atoms with Crippen molar-refractivity contribution < 1.29 is 19.4 Å². The molecule has 0 aliphatic rings. The molecule has 5 nitrogen and oxygen atoms in total. The van der Waals surface area contributed by atoms with E-state index in [2.05, 4.69) is 20.9 Å². The van der Waals surface area contributed by atoms with E-state index in [1.807, 2.05) is 0 Å². The monoisotopic (exact) mass is 355 g/mol. The maximum atomic E-state index is 11.5. The number of aromatic carboxylic acids is 1. The van der Waals surface area contributed by atoms with E-state index in [9.17, 15) is 9.59 Å². The Morgan fingerprint density at radius 1 is 1.40 bits per heavy atom. The van der Waals surface area contributed by atoms with Crippen LogP contribution < -0.4 is 4.74 Å². The summed E-state index contributed by atoms with van der Waals surface area (Å²) in [5, 5.41) is 9.56. The molecule has 0 radical (unpaired) electrons. The average Bonchev–Trinajstić information content (AvgIpc) is 2.84. The molecule has 1 aromatic heterocycles. The number of carbonyl (C=O) groups excluding carboxylic acids is 1. The lowest BCUT2D eigenvalue weighted by Gasteiger charge is -2.04. The van der Waals surface area contributed by atoms with E-state index in [4.69, 9.17) is 9.84 Å². The van der Waals surface area contributed by atoms with E-state index in [1.165, 1.54) is 6.92 Å². The lowest BCUT2D eigenvalue weighted by atomic mass is 10.2. The minimum Gasteiger partial charge on any atom is -0.497 e. The Balaban J connectivity index is 2.61. The van der Waals surface area contributed by atoms with Gasteiger partial charge in [-0.2, -0.15) is 0 Å². The molecule has 0 bridgehead atoms. The quantitative estimate of drug-likeness (QED) is 0.849. The highest BCUT2D eigenvalue weighted by Gasteiger charge is 2.22. The number of methoxy groups -OCH3 is 1. The van der Waals surface area contributed by atoms with Gasteiger partial charge in [-0.25, -0.2) is 9.78 Å². The molecule has 1 heterocycles. The number of hydrogen-bond acceptors (Lipinski definition) is 5. The number of rotatable bonds is 4. The van der Waals surface area contributed by atoms with Crippen LogP contribution in [-0.2, 0) is 0 Å². The van der Waals surface area contributed by atoms with Crippen LogP contribution in [0.4, 0.5) is 0 Å². The fourth-order valence-electron chi connectivity index (χ4n) is 1.61. The second kappa shape index (κ2) is 5.72. The molecule has 0 amide bonds. The molecular weight excluding hydrogens is 346 g/mol. The standard InChI is InChI=1S/C13H10BrNO4S/c1-6(16)11-10(13(17)18)15-12(20-11)8-5-7(19-2)3-4-9(8)14/h3-5H,1-2H3,(H,17,18). The molecule has 104 valence electrons. The highest BCUT2D eigenvalue weighted by molar-refractivity contribution is 9.10. The predicted octanol–water partition coefficient (Wildman–Crippen LogP) is 3.48. The van der Waals surface area contributed by atoms with E-state index in [0.29, 0.717) is 16.3 Å². The van der Waals surface area contributed by atoms with Crippen molar-refractivity contribution in [2.24, 2.45) is 0 Å². The van der Waals surface area contributed by atoms with Crippen molar-refractivity contribution in [3.8, 4) is 16.3 Å². The molecule has 2 rings (SSSR count). The van der Waals surface area contributed by atoms with Gasteiger partial charge >= 0.3 is 5.97 Å². The third-order valence-electron chi connectivity index (χ3n) is 2.55. The molecule has 20 heavy (non-hydrogen) atoms. The van der Waals surface area contributed by atoms with Gasteiger partial charge in [0.25, 0.3) is 0 Å². The number of benzene rings is 1. The number of aromatic nitrogens is 1. The molecular formula is C13H10BrNO4S. The van der Waals surface area contributed by atoms with Crippen molar-refractivity contribution in [2.75, 3.05) is 7.11 Å². The largest absolute Gasteiger partial charge is 0.497 e. The molecule has 1 aromatic carbocycles. The van der Waals surface area contributed by atoms with Gasteiger partial charge in [0.1, 0.15) is 15.6 Å². The summed E-state index contributed by atoms with van der Waals surface area (Å²) in [6.45, 7) is 1.32. The van der Waals surface area contributed by atoms with E-state index >= 15 is 0 Å². The summed E-state index contributed by atoms with van der Waals surface area (Å²) in [7, 11) is 1.54. The number of hydrogen-bond donors (Lipinski definition) is 1. The molecule has 0 saturated carbocycles. The van der Waals surface area contributed by atoms with Gasteiger partial charge in [-0.1, -0.05) is 15.9 Å². The molecule has 0 aliphatic heterocycles. The Morgan fingerprint density at radius 2 is 2.10 bits per heavy atom. The van der Waals surface area contributed by atoms with Gasteiger partial charge in [-0.3, -0.25) is 4.79 Å². The number of carbonyl (C=O) groups is 2. The fraction of sp³-hybridized carbons (Fsp3) is 0.154. The minimum absolute atomic E-state index is 0.141. The second-order valence-electron chi connectivity index (χ2n) is 3.90. The highest BCUT2D eigenvalue weighted by Crippen LogP contribution is 2.35. The topological polar surface area (TPSA) is 76.5 Å². The van der Waals surface area contributed by atoms with Crippen LogP contribution in [0.3, 0.4) is 0 Å². The molecule has 0 aliphatic carbocycles. The van der Waals surface area contributed by atoms with Crippen molar-refractivity contribution in [1.29, 1.82) is 0 Å². The molecule has 0 unspecified atom stereocenters. The van der Waals surface area contributed by atoms with Crippen LogP contribution in [0.15, 0.2) is 22.7 Å². The molecule has 1 N–H and O–H groups in total. The second-order valence-corrected chi connectivity index (χ2v) is 5.76. The highest BCUT2D eigenvalue weighted by atomic mass is 79.9. The van der Waals surface area contributed by atoms with Gasteiger partial charge in [0.15, 0.2) is 11.5 Å². The maximum absolute atomic E-state index is 11.5. The number of thiazole rings is 1. The van der Waals surface area contributed by atoms with Crippen molar-refractivity contribution in [1.82, 2.24) is 4.98 Å². The first kappa shape index (κ1) is 14.7. The predicted molar refractivity (Wildman–Crippen MR) is 78.8 cm³/mol. The first-order chi connectivity index (χ1) is 9.43. The number of halogens is 1. The Labute approximate surface area is 127 Å². The summed E-state index contributed by atoms with van der Waals surface area (Å²) in [6.07, 6.45) is 0. The summed E-state index contributed by atoms with van der Waals surface area (Å²) in [4.78, 5) is 26.8. The molecule has 7 heteroatoms. The number of carboxylic acids is 1. The zero-order chi connectivity index (χ0) is 14.9. The smallest absolute Gasteiger partial charge is 0.356 e. The first-order valence-corrected chi connectivity index (χ1v) is 7.14. The molecule has 0 atom stereocenters. The zero-order valence-corrected chi connectivity index (χ0v) is 13.0. The van der Waals surface area contributed by atoms with Crippen LogP contribution in [0.2, 0.25) is 0 Å². The molecule has 2 aromatic rings. The average molecular weight is 356 g/mol. The Hall–Kier alpha value is -1.73. The van der Waals surface area contributed by atoms with Crippen LogP contribution in [0, 0.1) is 0 Å². The summed E-state index contributed by atoms with van der Waals surface area (Å²) >= 11 is 4.44. The lowest BCUT2D eigenvalue weighted by molar-refractivity contribution is 0.0687. The first-order valence-electron chi connectivity index (χ1n) is 5.53. The number of carboxylic acid groups (broad SMARTS) is 1. The Kier molecular flexibility index (Phi) is 4.20. The van der Waals surface area contributed by atoms with E-state index in [0.717, 1.165) is 15.8 Å². The molecule has 0 fully saturated rings. The maximum Gasteiger partial charge on any atom is 0.356 e. The van der Waals surface area contributed by atoms with Gasteiger partial charge in [0.05, 0.1) is 7.11 Å². The van der Waals surface area contributed by atoms with Crippen LogP contribution in [0.1, 0.15) is 27.1 Å². The van der Waals surface area contributed by atoms with Crippen LogP contribution >= 0.6 is 27.3 Å². The van der Waals surface area contributed by atoms with Crippen LogP contribution in [0.25, 0.3) is 10.6 Å². The van der Waals surface area contributed by atoms with Crippen molar-refractivity contribution in [2.45, 2.75) is 6.92 Å². The number of ketones is 1. The summed E-state index contributed by atoms with van der Waals surface area (Å²) in [5.74, 6) is -0.901. The normalized spacial score (nSPS) is 10.3. The van der Waals surface area contributed by atoms with E-state index < -0.39 is 5.97 Å². The van der Waals surface area contributed by atoms with E-state index in [1.54, 1.807) is 25.3 Å². The summed E-state index contributed by atoms with van der Waals surface area (Å²) in [5.41, 5.74) is 0.469.